The second-order valence-corrected chi connectivity index (χ2v) is 8.76. The van der Waals surface area contributed by atoms with Gasteiger partial charge in [-0.25, -0.2) is 0 Å². The van der Waals surface area contributed by atoms with E-state index in [9.17, 15) is 0 Å². The Labute approximate surface area is 179 Å². The Bertz CT molecular complexity index is 1050. The van der Waals surface area contributed by atoms with E-state index in [0.717, 1.165) is 22.6 Å². The highest BCUT2D eigenvalue weighted by Crippen LogP contribution is 2.55. The van der Waals surface area contributed by atoms with E-state index < -0.39 is 13.0 Å². The van der Waals surface area contributed by atoms with E-state index in [2.05, 4.69) is 78.4 Å². The van der Waals surface area contributed by atoms with Crippen molar-refractivity contribution < 1.29 is 4.11 Å². The maximum atomic E-state index is 8.49. The van der Waals surface area contributed by atoms with Crippen LogP contribution in [0.1, 0.15) is 61.1 Å². The summed E-state index contributed by atoms with van der Waals surface area (Å²) in [5.41, 5.74) is 5.27. The Kier molecular flexibility index (Phi) is 3.76. The quantitative estimate of drug-likeness (QED) is 0.575. The fraction of sp³-hybridized carbons (Fsp3) is 0.407. The summed E-state index contributed by atoms with van der Waals surface area (Å²) < 4.78 is 25.5. The first kappa shape index (κ1) is 15.4. The van der Waals surface area contributed by atoms with Crippen molar-refractivity contribution in [1.82, 2.24) is 4.90 Å². The van der Waals surface area contributed by atoms with Gasteiger partial charge >= 0.3 is 0 Å². The molecule has 2 atom stereocenters. The molecule has 29 heavy (non-hydrogen) atoms. The van der Waals surface area contributed by atoms with Crippen molar-refractivity contribution in [2.45, 2.75) is 64.4 Å². The van der Waals surface area contributed by atoms with Crippen molar-refractivity contribution in [3.63, 3.8) is 0 Å². The van der Waals surface area contributed by atoms with Crippen LogP contribution >= 0.6 is 0 Å². The molecule has 150 valence electrons. The first-order valence-electron chi connectivity index (χ1n) is 12.4. The van der Waals surface area contributed by atoms with Gasteiger partial charge in [-0.15, -0.1) is 0 Å². The van der Waals surface area contributed by atoms with Crippen LogP contribution in [0, 0.1) is 12.8 Å². The third kappa shape index (κ3) is 2.68. The van der Waals surface area contributed by atoms with Crippen LogP contribution in [0.2, 0.25) is 0 Å². The first-order valence-corrected chi connectivity index (χ1v) is 10.9. The van der Waals surface area contributed by atoms with E-state index in [0.29, 0.717) is 5.92 Å². The minimum atomic E-state index is -2.16. The standard InChI is InChI=1S/C27H32N2/c1-20-12-10-11-17-25(20)29-21(2)26-27(18-19-28(26)22(29)3,23-13-6-4-7-14-23)24-15-8-5-9-16-24/h4,6-7,10-14,17-19,22,24H,5,8-9,15-16H2,1-3H3/i3D3. The van der Waals surface area contributed by atoms with Crippen LogP contribution in [0.25, 0.3) is 0 Å². The molecule has 3 aliphatic rings. The Morgan fingerprint density at radius 1 is 0.931 bits per heavy atom. The summed E-state index contributed by atoms with van der Waals surface area (Å²) in [4.78, 5) is 4.14. The summed E-state index contributed by atoms with van der Waals surface area (Å²) in [6.45, 7) is 2.03. The van der Waals surface area contributed by atoms with Crippen LogP contribution in [0.3, 0.4) is 0 Å². The van der Waals surface area contributed by atoms with Gasteiger partial charge in [-0.05, 0) is 56.7 Å². The van der Waals surface area contributed by atoms with Gasteiger partial charge in [-0.3, -0.25) is 0 Å². The van der Waals surface area contributed by atoms with Crippen molar-refractivity contribution >= 4 is 5.69 Å². The maximum Gasteiger partial charge on any atom is 0.107 e. The summed E-state index contributed by atoms with van der Waals surface area (Å²) in [6, 6.07) is 18.9. The predicted octanol–water partition coefficient (Wildman–Crippen LogP) is 6.74. The Morgan fingerprint density at radius 2 is 1.66 bits per heavy atom. The van der Waals surface area contributed by atoms with Gasteiger partial charge in [0, 0.05) is 21.7 Å². The largest absolute Gasteiger partial charge is 0.328 e. The lowest BCUT2D eigenvalue weighted by Gasteiger charge is -2.41. The molecule has 1 aliphatic carbocycles. The number of rotatable bonds is 3. The molecule has 2 aromatic rings. The molecule has 0 N–H and O–H groups in total. The van der Waals surface area contributed by atoms with Gasteiger partial charge < -0.3 is 9.80 Å². The molecule has 0 aromatic heterocycles. The van der Waals surface area contributed by atoms with Crippen molar-refractivity contribution in [2.24, 2.45) is 5.92 Å². The fourth-order valence-corrected chi connectivity index (χ4v) is 5.89. The minimum absolute atomic E-state index is 0.285. The highest BCUT2D eigenvalue weighted by Gasteiger charge is 2.52. The van der Waals surface area contributed by atoms with Crippen LogP contribution in [0.5, 0.6) is 0 Å². The molecule has 0 saturated heterocycles. The predicted molar refractivity (Wildman–Crippen MR) is 121 cm³/mol. The third-order valence-electron chi connectivity index (χ3n) is 7.24. The molecule has 2 heterocycles. The lowest BCUT2D eigenvalue weighted by atomic mass is 9.63. The van der Waals surface area contributed by atoms with Crippen LogP contribution in [0.15, 0.2) is 78.3 Å². The van der Waals surface area contributed by atoms with Crippen molar-refractivity contribution in [3.8, 4) is 0 Å². The number of benzene rings is 2. The molecule has 1 saturated carbocycles. The van der Waals surface area contributed by atoms with Gasteiger partial charge in [0.15, 0.2) is 0 Å². The van der Waals surface area contributed by atoms with E-state index in [4.69, 9.17) is 4.11 Å². The first-order chi connectivity index (χ1) is 15.4. The van der Waals surface area contributed by atoms with Crippen LogP contribution in [0.4, 0.5) is 5.69 Å². The van der Waals surface area contributed by atoms with Gasteiger partial charge in [-0.2, -0.15) is 0 Å². The second-order valence-electron chi connectivity index (χ2n) is 8.76. The SMILES string of the molecule is [2H]C([2H])([2H])C1N2C=CC(c3ccccc3)(C3CCCCC3)C2=C(C)N1c1ccccc1C. The van der Waals surface area contributed by atoms with Crippen molar-refractivity contribution in [2.75, 3.05) is 4.90 Å². The van der Waals surface area contributed by atoms with Gasteiger partial charge in [0.25, 0.3) is 0 Å². The fourth-order valence-electron chi connectivity index (χ4n) is 5.89. The number of nitrogens with zero attached hydrogens (tertiary/aromatic N) is 2. The van der Waals surface area contributed by atoms with E-state index in [1.807, 2.05) is 12.1 Å². The van der Waals surface area contributed by atoms with Gasteiger partial charge in [-0.1, -0.05) is 73.9 Å². The lowest BCUT2D eigenvalue weighted by Crippen LogP contribution is -2.39. The average molecular weight is 388 g/mol. The van der Waals surface area contributed by atoms with Crippen LogP contribution < -0.4 is 4.90 Å². The van der Waals surface area contributed by atoms with Crippen LogP contribution in [-0.4, -0.2) is 11.1 Å². The van der Waals surface area contributed by atoms with Gasteiger partial charge in [0.05, 0.1) is 11.1 Å². The van der Waals surface area contributed by atoms with E-state index in [1.165, 1.54) is 37.7 Å². The summed E-state index contributed by atoms with van der Waals surface area (Å²) in [5, 5.41) is 0. The lowest BCUT2D eigenvalue weighted by molar-refractivity contribution is 0.252. The van der Waals surface area contributed by atoms with Gasteiger partial charge in [0.1, 0.15) is 6.17 Å². The summed E-state index contributed by atoms with van der Waals surface area (Å²) in [7, 11) is 0. The number of allylic oxidation sites excluding steroid dienone is 2. The van der Waals surface area contributed by atoms with Crippen molar-refractivity contribution in [1.29, 1.82) is 0 Å². The average Bonchev–Trinajstić information content (AvgIpc) is 3.32. The summed E-state index contributed by atoms with van der Waals surface area (Å²) in [6.07, 6.45) is 9.76. The smallest absolute Gasteiger partial charge is 0.107 e. The molecule has 0 radical (unpaired) electrons. The molecule has 5 rings (SSSR count). The Balaban J connectivity index is 1.74. The van der Waals surface area contributed by atoms with Gasteiger partial charge in [0.2, 0.25) is 0 Å². The molecule has 2 aliphatic heterocycles. The molecule has 0 spiro atoms. The number of anilines is 1. The third-order valence-corrected chi connectivity index (χ3v) is 7.24. The molecular weight excluding hydrogens is 352 g/mol. The molecule has 2 nitrogen and oxygen atoms in total. The summed E-state index contributed by atoms with van der Waals surface area (Å²) >= 11 is 0. The highest BCUT2D eigenvalue weighted by molar-refractivity contribution is 5.64. The Morgan fingerprint density at radius 3 is 2.38 bits per heavy atom. The molecule has 0 amide bonds. The topological polar surface area (TPSA) is 6.48 Å². The molecule has 2 unspecified atom stereocenters. The summed E-state index contributed by atoms with van der Waals surface area (Å²) in [5.74, 6) is 0.471. The number of aryl methyl sites for hydroxylation is 1. The minimum Gasteiger partial charge on any atom is -0.328 e. The highest BCUT2D eigenvalue weighted by atomic mass is 15.4. The van der Waals surface area contributed by atoms with E-state index >= 15 is 0 Å². The molecule has 2 aromatic carbocycles. The Hall–Kier alpha value is -2.48. The van der Waals surface area contributed by atoms with Crippen LogP contribution in [-0.2, 0) is 5.41 Å². The second kappa shape index (κ2) is 7.09. The number of para-hydroxylation sites is 1. The zero-order chi connectivity index (χ0) is 22.5. The number of hydrogen-bond donors (Lipinski definition) is 0. The molecular formula is C27H32N2. The zero-order valence-corrected chi connectivity index (χ0v) is 17.4. The molecule has 2 heteroatoms. The van der Waals surface area contributed by atoms with Crippen molar-refractivity contribution in [3.05, 3.63) is 89.4 Å². The van der Waals surface area contributed by atoms with E-state index in [-0.39, 0.29) is 5.41 Å². The normalized spacial score (nSPS) is 29.0. The molecule has 1 fully saturated rings. The monoisotopic (exact) mass is 387 g/mol. The maximum absolute atomic E-state index is 8.49. The number of hydrogen-bond acceptors (Lipinski definition) is 2. The number of fused-ring (bicyclic) bond motifs is 1. The zero-order valence-electron chi connectivity index (χ0n) is 20.4. The molecule has 0 bridgehead atoms. The van der Waals surface area contributed by atoms with E-state index in [1.54, 1.807) is 0 Å².